The lowest BCUT2D eigenvalue weighted by atomic mass is 9.85. The molecule has 4 amide bonds. The average molecular weight is 785 g/mol. The second kappa shape index (κ2) is 19.0. The molecule has 13 heteroatoms. The third-order valence-corrected chi connectivity index (χ3v) is 11.4. The molecular formula is C43H56N6O6S. The number of carbonyl (C=O) groups is 4. The van der Waals surface area contributed by atoms with Crippen LogP contribution in [0.3, 0.4) is 0 Å². The van der Waals surface area contributed by atoms with Gasteiger partial charge in [-0.25, -0.2) is 4.98 Å². The van der Waals surface area contributed by atoms with E-state index in [1.54, 1.807) is 11.3 Å². The Kier molecular flexibility index (Phi) is 14.4. The van der Waals surface area contributed by atoms with E-state index >= 15 is 0 Å². The van der Waals surface area contributed by atoms with Gasteiger partial charge in [0.15, 0.2) is 0 Å². The maximum absolute atomic E-state index is 14.0. The lowest BCUT2D eigenvalue weighted by molar-refractivity contribution is -0.144. The number of carbonyl (C=O) groups excluding carboxylic acids is 4. The summed E-state index contributed by atoms with van der Waals surface area (Å²) in [5.74, 6) is -1.35. The summed E-state index contributed by atoms with van der Waals surface area (Å²) in [6, 6.07) is 18.3. The summed E-state index contributed by atoms with van der Waals surface area (Å²) in [6.07, 6.45) is 1.25. The number of β-amino-alcohol motifs (C(OH)–C–C–N with tert-alkyl or cyclic N) is 1. The highest BCUT2D eigenvalue weighted by Gasteiger charge is 2.44. The van der Waals surface area contributed by atoms with Crippen molar-refractivity contribution in [1.82, 2.24) is 20.5 Å². The maximum Gasteiger partial charge on any atom is 0.246 e. The lowest BCUT2D eigenvalue weighted by Crippen LogP contribution is -2.57. The first-order chi connectivity index (χ1) is 26.6. The fraction of sp³-hybridized carbons (Fsp3) is 0.465. The molecule has 0 spiro atoms. The second-order valence-electron chi connectivity index (χ2n) is 16.0. The van der Waals surface area contributed by atoms with Crippen LogP contribution in [0.2, 0.25) is 0 Å². The largest absolute Gasteiger partial charge is 0.391 e. The Morgan fingerprint density at radius 2 is 1.66 bits per heavy atom. The van der Waals surface area contributed by atoms with Crippen molar-refractivity contribution in [3.05, 3.63) is 88.6 Å². The van der Waals surface area contributed by atoms with Crippen molar-refractivity contribution >= 4 is 45.7 Å². The Balaban J connectivity index is 1.12. The van der Waals surface area contributed by atoms with E-state index in [-0.39, 0.29) is 68.1 Å². The molecule has 56 heavy (non-hydrogen) atoms. The molecule has 2 heterocycles. The van der Waals surface area contributed by atoms with E-state index in [4.69, 9.17) is 16.2 Å². The van der Waals surface area contributed by atoms with Crippen LogP contribution in [-0.2, 0) is 43.5 Å². The Morgan fingerprint density at radius 3 is 2.30 bits per heavy atom. The van der Waals surface area contributed by atoms with Gasteiger partial charge in [0, 0.05) is 38.4 Å². The summed E-state index contributed by atoms with van der Waals surface area (Å²) in [4.78, 5) is 58.6. The number of nitrogens with zero attached hydrogens (tertiary/aromatic N) is 2. The van der Waals surface area contributed by atoms with Gasteiger partial charge in [0.05, 0.1) is 34.9 Å². The number of aromatic nitrogens is 1. The summed E-state index contributed by atoms with van der Waals surface area (Å²) < 4.78 is 5.95. The van der Waals surface area contributed by atoms with Gasteiger partial charge in [-0.2, -0.15) is 0 Å². The van der Waals surface area contributed by atoms with Crippen molar-refractivity contribution in [3.63, 3.8) is 0 Å². The molecule has 12 nitrogen and oxygen atoms in total. The number of benzene rings is 3. The molecular weight excluding hydrogens is 729 g/mol. The van der Waals surface area contributed by atoms with Crippen LogP contribution in [0.4, 0.5) is 0 Å². The number of likely N-dealkylation sites (tertiary alicyclic amines) is 1. The molecule has 0 unspecified atom stereocenters. The summed E-state index contributed by atoms with van der Waals surface area (Å²) >= 11 is 1.58. The van der Waals surface area contributed by atoms with Gasteiger partial charge in [-0.1, -0.05) is 75.4 Å². The van der Waals surface area contributed by atoms with Crippen molar-refractivity contribution in [2.45, 2.75) is 117 Å². The normalized spacial score (nSPS) is 17.4. The number of primary amides is 1. The van der Waals surface area contributed by atoms with E-state index in [1.807, 2.05) is 76.5 Å². The quantitative estimate of drug-likeness (QED) is 0.0999. The number of thiazole rings is 1. The maximum atomic E-state index is 14.0. The Morgan fingerprint density at radius 1 is 1.00 bits per heavy atom. The number of aliphatic hydroxyl groups excluding tert-OH is 1. The van der Waals surface area contributed by atoms with Crippen molar-refractivity contribution in [2.24, 2.45) is 16.9 Å². The standard InChI is InChI=1S/C43H56N6O6S/c1-26-39(56-25-47-26)31-13-10-29(11-14-31)22-46-41(53)36-21-34(50)23-49(36)42(54)40(43(3,4)5)48-38(52)8-6-7-28-9-15-33-20-30(12-16-32(33)19-28)24-55-27(2)35(44)17-18-37(45)51/h9-16,19-20,25,27,34-36,40,50H,6-8,17-18,21-24,44H2,1-5H3,(H2,45,51)(H,46,53)(H,48,52)/t27-,34-,35+,36+,40-/m1/s1. The van der Waals surface area contributed by atoms with Gasteiger partial charge in [-0.05, 0) is 77.6 Å². The van der Waals surface area contributed by atoms with Gasteiger partial charge in [-0.3, -0.25) is 19.2 Å². The van der Waals surface area contributed by atoms with Crippen molar-refractivity contribution < 1.29 is 29.0 Å². The van der Waals surface area contributed by atoms with E-state index < -0.39 is 23.6 Å². The zero-order chi connectivity index (χ0) is 40.6. The summed E-state index contributed by atoms with van der Waals surface area (Å²) in [5, 5.41) is 18.6. The number of aliphatic hydroxyl groups is 1. The highest BCUT2D eigenvalue weighted by molar-refractivity contribution is 7.13. The van der Waals surface area contributed by atoms with Gasteiger partial charge in [0.1, 0.15) is 12.1 Å². The molecule has 5 atom stereocenters. The van der Waals surface area contributed by atoms with Crippen LogP contribution in [0.25, 0.3) is 21.2 Å². The molecule has 300 valence electrons. The van der Waals surface area contributed by atoms with Crippen LogP contribution in [0.5, 0.6) is 0 Å². The van der Waals surface area contributed by atoms with Gasteiger partial charge in [0.2, 0.25) is 23.6 Å². The molecule has 1 aliphatic heterocycles. The third-order valence-electron chi connectivity index (χ3n) is 10.4. The van der Waals surface area contributed by atoms with Crippen molar-refractivity contribution in [2.75, 3.05) is 6.54 Å². The fourth-order valence-corrected chi connectivity index (χ4v) is 7.76. The molecule has 0 bridgehead atoms. The van der Waals surface area contributed by atoms with Gasteiger partial charge in [0.25, 0.3) is 0 Å². The van der Waals surface area contributed by atoms with Crippen LogP contribution >= 0.6 is 11.3 Å². The topological polar surface area (TPSA) is 190 Å². The number of aryl methyl sites for hydroxylation is 2. The SMILES string of the molecule is Cc1ncsc1-c1ccc(CNC(=O)[C@@H]2C[C@@H](O)CN2C(=O)[C@@H](NC(=O)CCCc2ccc3cc(CO[C@H](C)[C@@H](N)CCC(N)=O)ccc3c2)C(C)(C)C)cc1. The minimum Gasteiger partial charge on any atom is -0.391 e. The number of ether oxygens (including phenoxy) is 1. The van der Waals surface area contributed by atoms with Crippen LogP contribution < -0.4 is 22.1 Å². The zero-order valence-corrected chi connectivity index (χ0v) is 33.9. The molecule has 0 aliphatic carbocycles. The number of rotatable bonds is 17. The zero-order valence-electron chi connectivity index (χ0n) is 33.0. The van der Waals surface area contributed by atoms with Crippen LogP contribution in [0.15, 0.2) is 66.2 Å². The monoisotopic (exact) mass is 784 g/mol. The Labute approximate surface area is 333 Å². The van der Waals surface area contributed by atoms with Crippen LogP contribution in [-0.4, -0.2) is 75.5 Å². The van der Waals surface area contributed by atoms with Gasteiger partial charge in [-0.15, -0.1) is 11.3 Å². The van der Waals surface area contributed by atoms with Crippen molar-refractivity contribution in [1.29, 1.82) is 0 Å². The number of amides is 4. The second-order valence-corrected chi connectivity index (χ2v) is 16.9. The summed E-state index contributed by atoms with van der Waals surface area (Å²) in [6.45, 7) is 10.2. The van der Waals surface area contributed by atoms with Crippen LogP contribution in [0, 0.1) is 12.3 Å². The smallest absolute Gasteiger partial charge is 0.246 e. The third kappa shape index (κ3) is 11.4. The van der Waals surface area contributed by atoms with E-state index in [2.05, 4.69) is 39.9 Å². The number of hydrogen-bond acceptors (Lipinski definition) is 9. The minimum atomic E-state index is -0.883. The predicted octanol–water partition coefficient (Wildman–Crippen LogP) is 4.90. The number of nitrogens with one attached hydrogen (secondary N) is 2. The highest BCUT2D eigenvalue weighted by atomic mass is 32.1. The summed E-state index contributed by atoms with van der Waals surface area (Å²) in [5.41, 5.74) is 17.6. The molecule has 1 aromatic heterocycles. The molecule has 1 aliphatic rings. The first kappa shape index (κ1) is 42.5. The highest BCUT2D eigenvalue weighted by Crippen LogP contribution is 2.29. The van der Waals surface area contributed by atoms with E-state index in [0.717, 1.165) is 43.6 Å². The Hall–Kier alpha value is -4.69. The van der Waals surface area contributed by atoms with Crippen LogP contribution in [0.1, 0.15) is 82.2 Å². The lowest BCUT2D eigenvalue weighted by Gasteiger charge is -2.35. The van der Waals surface area contributed by atoms with Crippen molar-refractivity contribution in [3.8, 4) is 10.4 Å². The molecule has 0 radical (unpaired) electrons. The Bertz CT molecular complexity index is 1990. The molecule has 3 aromatic carbocycles. The molecule has 1 saturated heterocycles. The molecule has 5 rings (SSSR count). The minimum absolute atomic E-state index is 0.0183. The van der Waals surface area contributed by atoms with Gasteiger partial charge >= 0.3 is 0 Å². The fourth-order valence-electron chi connectivity index (χ4n) is 6.95. The van der Waals surface area contributed by atoms with E-state index in [0.29, 0.717) is 25.9 Å². The molecule has 7 N–H and O–H groups in total. The first-order valence-corrected chi connectivity index (χ1v) is 20.2. The van der Waals surface area contributed by atoms with Gasteiger partial charge < -0.3 is 36.8 Å². The van der Waals surface area contributed by atoms with E-state index in [1.165, 1.54) is 4.90 Å². The molecule has 4 aromatic rings. The summed E-state index contributed by atoms with van der Waals surface area (Å²) in [7, 11) is 0. The first-order valence-electron chi connectivity index (χ1n) is 19.3. The number of fused-ring (bicyclic) bond motifs is 1. The molecule has 0 saturated carbocycles. The number of nitrogens with two attached hydrogens (primary N) is 2. The molecule has 1 fully saturated rings. The predicted molar refractivity (Wildman–Crippen MR) is 219 cm³/mol. The average Bonchev–Trinajstić information content (AvgIpc) is 3.78. The van der Waals surface area contributed by atoms with E-state index in [9.17, 15) is 24.3 Å². The number of hydrogen-bond donors (Lipinski definition) is 5.